The second kappa shape index (κ2) is 7.88. The van der Waals surface area contributed by atoms with Gasteiger partial charge in [-0.2, -0.15) is 0 Å². The molecule has 1 aliphatic heterocycles. The van der Waals surface area contributed by atoms with Crippen LogP contribution in [0.15, 0.2) is 48.7 Å². The summed E-state index contributed by atoms with van der Waals surface area (Å²) in [6.45, 7) is 4.66. The Labute approximate surface area is 141 Å². The van der Waals surface area contributed by atoms with Crippen LogP contribution in [0.5, 0.6) is 0 Å². The Morgan fingerprint density at radius 3 is 2.58 bits per heavy atom. The molecule has 24 heavy (non-hydrogen) atoms. The number of amides is 1. The van der Waals surface area contributed by atoms with Gasteiger partial charge in [0.2, 0.25) is 0 Å². The summed E-state index contributed by atoms with van der Waals surface area (Å²) in [6.07, 6.45) is 1.93. The normalized spacial score (nSPS) is 15.3. The van der Waals surface area contributed by atoms with Gasteiger partial charge in [0.15, 0.2) is 6.54 Å². The summed E-state index contributed by atoms with van der Waals surface area (Å²) in [5.41, 5.74) is 0.907. The first-order valence-electron chi connectivity index (χ1n) is 8.27. The van der Waals surface area contributed by atoms with Crippen molar-refractivity contribution in [3.05, 3.63) is 60.0 Å². The summed E-state index contributed by atoms with van der Waals surface area (Å²) in [6, 6.07) is 12.3. The molecule has 1 saturated heterocycles. The summed E-state index contributed by atoms with van der Waals surface area (Å²) in [5, 5.41) is 2.91. The van der Waals surface area contributed by atoms with E-state index in [0.717, 1.165) is 37.6 Å². The number of nitrogens with one attached hydrogen (secondary N) is 3. The SMILES string of the molecule is O=C(C[NH+]1CCN(c2cccc[nH+]2)CC1)NCc1ccc(F)cc1. The molecule has 6 heteroatoms. The zero-order chi connectivity index (χ0) is 16.8. The van der Waals surface area contributed by atoms with Gasteiger partial charge in [-0.05, 0) is 23.8 Å². The van der Waals surface area contributed by atoms with E-state index in [0.29, 0.717) is 13.1 Å². The van der Waals surface area contributed by atoms with E-state index in [-0.39, 0.29) is 11.7 Å². The van der Waals surface area contributed by atoms with E-state index in [1.807, 2.05) is 18.3 Å². The summed E-state index contributed by atoms with van der Waals surface area (Å²) >= 11 is 0. The third-order valence-corrected chi connectivity index (χ3v) is 4.32. The predicted octanol–water partition coefficient (Wildman–Crippen LogP) is -0.339. The molecule has 0 bridgehead atoms. The molecule has 0 saturated carbocycles. The molecule has 3 N–H and O–H groups in total. The second-order valence-electron chi connectivity index (χ2n) is 6.06. The second-order valence-corrected chi connectivity index (χ2v) is 6.06. The predicted molar refractivity (Wildman–Crippen MR) is 89.0 cm³/mol. The lowest BCUT2D eigenvalue weighted by molar-refractivity contribution is -0.892. The van der Waals surface area contributed by atoms with E-state index in [1.54, 1.807) is 12.1 Å². The van der Waals surface area contributed by atoms with E-state index in [9.17, 15) is 9.18 Å². The number of aromatic nitrogens is 1. The number of hydrogen-bond donors (Lipinski definition) is 2. The summed E-state index contributed by atoms with van der Waals surface area (Å²) in [5.74, 6) is 0.898. The number of anilines is 1. The van der Waals surface area contributed by atoms with Crippen molar-refractivity contribution in [3.8, 4) is 0 Å². The lowest BCUT2D eigenvalue weighted by Gasteiger charge is -2.27. The molecule has 1 fully saturated rings. The highest BCUT2D eigenvalue weighted by atomic mass is 19.1. The van der Waals surface area contributed by atoms with Crippen molar-refractivity contribution in [2.75, 3.05) is 37.6 Å². The number of halogens is 1. The number of quaternary nitrogens is 1. The topological polar surface area (TPSA) is 50.9 Å². The van der Waals surface area contributed by atoms with Gasteiger partial charge in [-0.25, -0.2) is 9.37 Å². The Bertz CT molecular complexity index is 654. The van der Waals surface area contributed by atoms with Crippen LogP contribution in [-0.2, 0) is 11.3 Å². The van der Waals surface area contributed by atoms with Crippen LogP contribution >= 0.6 is 0 Å². The van der Waals surface area contributed by atoms with Crippen molar-refractivity contribution < 1.29 is 19.1 Å². The molecule has 0 unspecified atom stereocenters. The van der Waals surface area contributed by atoms with Crippen LogP contribution in [-0.4, -0.2) is 38.6 Å². The summed E-state index contributed by atoms with van der Waals surface area (Å²) < 4.78 is 12.9. The maximum absolute atomic E-state index is 12.9. The molecule has 0 spiro atoms. The van der Waals surface area contributed by atoms with Gasteiger partial charge in [0, 0.05) is 12.6 Å². The number of pyridine rings is 1. The number of H-pyrrole nitrogens is 1. The first-order chi connectivity index (χ1) is 11.7. The minimum Gasteiger partial charge on any atom is -0.347 e. The first-order valence-corrected chi connectivity index (χ1v) is 8.27. The van der Waals surface area contributed by atoms with Crippen molar-refractivity contribution >= 4 is 11.7 Å². The standard InChI is InChI=1S/C18H21FN4O/c19-16-6-4-15(5-7-16)13-21-18(24)14-22-9-11-23(12-10-22)17-3-1-2-8-20-17/h1-8H,9-14H2,(H,21,24)/p+2. The fraction of sp³-hybridized carbons (Fsp3) is 0.333. The van der Waals surface area contributed by atoms with Crippen molar-refractivity contribution in [3.63, 3.8) is 0 Å². The monoisotopic (exact) mass is 330 g/mol. The highest BCUT2D eigenvalue weighted by Crippen LogP contribution is 2.04. The van der Waals surface area contributed by atoms with Gasteiger partial charge >= 0.3 is 0 Å². The Hall–Kier alpha value is -2.47. The fourth-order valence-corrected chi connectivity index (χ4v) is 2.91. The van der Waals surface area contributed by atoms with E-state index >= 15 is 0 Å². The number of benzene rings is 1. The molecule has 126 valence electrons. The van der Waals surface area contributed by atoms with E-state index in [4.69, 9.17) is 0 Å². The van der Waals surface area contributed by atoms with Crippen LogP contribution in [0.2, 0.25) is 0 Å². The van der Waals surface area contributed by atoms with E-state index in [1.165, 1.54) is 17.0 Å². The Morgan fingerprint density at radius 1 is 1.17 bits per heavy atom. The number of aromatic amines is 1. The third-order valence-electron chi connectivity index (χ3n) is 4.32. The molecule has 3 rings (SSSR count). The average Bonchev–Trinajstić information content (AvgIpc) is 2.63. The summed E-state index contributed by atoms with van der Waals surface area (Å²) in [4.78, 5) is 18.9. The smallest absolute Gasteiger partial charge is 0.275 e. The molecule has 5 nitrogen and oxygen atoms in total. The van der Waals surface area contributed by atoms with Gasteiger partial charge in [0.25, 0.3) is 11.7 Å². The zero-order valence-corrected chi connectivity index (χ0v) is 13.6. The van der Waals surface area contributed by atoms with Gasteiger partial charge < -0.3 is 10.2 Å². The van der Waals surface area contributed by atoms with Crippen LogP contribution in [0.4, 0.5) is 10.2 Å². The molecule has 1 aromatic heterocycles. The maximum atomic E-state index is 12.9. The molecule has 0 atom stereocenters. The quantitative estimate of drug-likeness (QED) is 0.788. The van der Waals surface area contributed by atoms with Crippen LogP contribution in [0, 0.1) is 5.82 Å². The number of nitrogens with zero attached hydrogens (tertiary/aromatic N) is 1. The number of carbonyl (C=O) groups is 1. The number of piperazine rings is 1. The van der Waals surface area contributed by atoms with Crippen LogP contribution in [0.1, 0.15) is 5.56 Å². The molecular weight excluding hydrogens is 307 g/mol. The Morgan fingerprint density at radius 2 is 1.92 bits per heavy atom. The molecule has 2 heterocycles. The van der Waals surface area contributed by atoms with Gasteiger partial charge in [-0.15, -0.1) is 0 Å². The molecule has 0 aliphatic carbocycles. The van der Waals surface area contributed by atoms with Gasteiger partial charge in [0.05, 0.1) is 6.20 Å². The molecular formula is C18H23FN4O+2. The van der Waals surface area contributed by atoms with Crippen LogP contribution < -0.4 is 20.1 Å². The van der Waals surface area contributed by atoms with Crippen molar-refractivity contribution in [1.82, 2.24) is 5.32 Å². The Kier molecular flexibility index (Phi) is 5.38. The van der Waals surface area contributed by atoms with Crippen molar-refractivity contribution in [2.24, 2.45) is 0 Å². The lowest BCUT2D eigenvalue weighted by Crippen LogP contribution is -3.16. The molecule has 1 aliphatic rings. The number of rotatable bonds is 5. The van der Waals surface area contributed by atoms with E-state index < -0.39 is 0 Å². The molecule has 1 aromatic carbocycles. The lowest BCUT2D eigenvalue weighted by atomic mass is 10.2. The van der Waals surface area contributed by atoms with Gasteiger partial charge in [-0.3, -0.25) is 9.69 Å². The fourth-order valence-electron chi connectivity index (χ4n) is 2.91. The van der Waals surface area contributed by atoms with Gasteiger partial charge in [-0.1, -0.05) is 18.2 Å². The number of hydrogen-bond acceptors (Lipinski definition) is 2. The first kappa shape index (κ1) is 16.4. The molecule has 1 amide bonds. The summed E-state index contributed by atoms with van der Waals surface area (Å²) in [7, 11) is 0. The maximum Gasteiger partial charge on any atom is 0.275 e. The number of carbonyl (C=O) groups excluding carboxylic acids is 1. The zero-order valence-electron chi connectivity index (χ0n) is 13.6. The third kappa shape index (κ3) is 4.52. The van der Waals surface area contributed by atoms with Crippen LogP contribution in [0.25, 0.3) is 0 Å². The van der Waals surface area contributed by atoms with Crippen molar-refractivity contribution in [2.45, 2.75) is 6.54 Å². The molecule has 2 aromatic rings. The van der Waals surface area contributed by atoms with Gasteiger partial charge in [0.1, 0.15) is 32.0 Å². The van der Waals surface area contributed by atoms with Crippen molar-refractivity contribution in [1.29, 1.82) is 0 Å². The average molecular weight is 330 g/mol. The Balaban J connectivity index is 1.41. The largest absolute Gasteiger partial charge is 0.347 e. The molecule has 0 radical (unpaired) electrons. The minimum atomic E-state index is -0.261. The minimum absolute atomic E-state index is 0.0362. The van der Waals surface area contributed by atoms with Crippen LogP contribution in [0.3, 0.4) is 0 Å². The highest BCUT2D eigenvalue weighted by Gasteiger charge is 2.26. The van der Waals surface area contributed by atoms with E-state index in [2.05, 4.69) is 21.3 Å². The highest BCUT2D eigenvalue weighted by molar-refractivity contribution is 5.76.